The molecule has 0 spiro atoms. The highest BCUT2D eigenvalue weighted by molar-refractivity contribution is 5.94. The van der Waals surface area contributed by atoms with E-state index in [4.69, 9.17) is 0 Å². The number of carbonyl (C=O) groups is 1. The number of nitro groups is 1. The number of para-hydroxylation sites is 1. The average molecular weight is 490 g/mol. The number of rotatable bonds is 9. The van der Waals surface area contributed by atoms with Gasteiger partial charge in [-0.3, -0.25) is 19.8 Å². The summed E-state index contributed by atoms with van der Waals surface area (Å²) in [6.07, 6.45) is 0. The fourth-order valence-corrected chi connectivity index (χ4v) is 5.15. The van der Waals surface area contributed by atoms with Crippen molar-refractivity contribution in [2.24, 2.45) is 11.8 Å². The molecule has 2 atom stereocenters. The Bertz CT molecular complexity index is 1180. The van der Waals surface area contributed by atoms with Gasteiger partial charge in [-0.05, 0) is 41.7 Å². The van der Waals surface area contributed by atoms with E-state index >= 15 is 0 Å². The van der Waals surface area contributed by atoms with Crippen LogP contribution in [0, 0.1) is 27.8 Å². The second kappa shape index (κ2) is 11.4. The second-order valence-electron chi connectivity index (χ2n) is 9.97. The van der Waals surface area contributed by atoms with Gasteiger partial charge < -0.3 is 4.90 Å². The van der Waals surface area contributed by atoms with Crippen LogP contribution in [0.15, 0.2) is 78.9 Å². The van der Waals surface area contributed by atoms with E-state index in [2.05, 4.69) is 18.7 Å². The van der Waals surface area contributed by atoms with Crippen molar-refractivity contribution in [1.29, 1.82) is 0 Å². The van der Waals surface area contributed by atoms with E-state index in [1.807, 2.05) is 53.4 Å². The number of halogens is 1. The molecule has 0 unspecified atom stereocenters. The molecule has 0 saturated carbocycles. The molecule has 0 aliphatic carbocycles. The zero-order valence-corrected chi connectivity index (χ0v) is 20.7. The SMILES string of the molecule is CC(C)CN(C[C@H]1CN(Cc2ccccc2[N+](=O)[O-])C[C@@H]1c1ccc(F)cc1)C(=O)c1ccccc1. The third-order valence-corrected chi connectivity index (χ3v) is 6.75. The van der Waals surface area contributed by atoms with E-state index < -0.39 is 0 Å². The molecular formula is C29H32FN3O3. The van der Waals surface area contributed by atoms with Gasteiger partial charge in [0.15, 0.2) is 0 Å². The summed E-state index contributed by atoms with van der Waals surface area (Å²) in [5, 5.41) is 11.5. The third kappa shape index (κ3) is 6.15. The minimum Gasteiger partial charge on any atom is -0.338 e. The summed E-state index contributed by atoms with van der Waals surface area (Å²) < 4.78 is 13.7. The molecule has 6 nitrogen and oxygen atoms in total. The highest BCUT2D eigenvalue weighted by atomic mass is 19.1. The minimum atomic E-state index is -0.344. The van der Waals surface area contributed by atoms with Crippen LogP contribution in [-0.4, -0.2) is 46.8 Å². The van der Waals surface area contributed by atoms with Gasteiger partial charge in [-0.2, -0.15) is 0 Å². The predicted octanol–water partition coefficient (Wildman–Crippen LogP) is 5.75. The number of hydrogen-bond donors (Lipinski definition) is 0. The first-order valence-corrected chi connectivity index (χ1v) is 12.4. The Hall–Kier alpha value is -3.58. The number of carbonyl (C=O) groups excluding carboxylic acids is 1. The summed E-state index contributed by atoms with van der Waals surface area (Å²) in [5.41, 5.74) is 2.45. The van der Waals surface area contributed by atoms with Gasteiger partial charge in [0, 0.05) is 55.8 Å². The maximum atomic E-state index is 13.7. The molecule has 0 N–H and O–H groups in total. The van der Waals surface area contributed by atoms with E-state index in [0.29, 0.717) is 49.8 Å². The van der Waals surface area contributed by atoms with Gasteiger partial charge in [-0.15, -0.1) is 0 Å². The number of likely N-dealkylation sites (tertiary alicyclic amines) is 1. The van der Waals surface area contributed by atoms with E-state index in [1.54, 1.807) is 12.1 Å². The van der Waals surface area contributed by atoms with Gasteiger partial charge in [-0.25, -0.2) is 4.39 Å². The van der Waals surface area contributed by atoms with Crippen molar-refractivity contribution < 1.29 is 14.1 Å². The van der Waals surface area contributed by atoms with Crippen LogP contribution < -0.4 is 0 Å². The smallest absolute Gasteiger partial charge is 0.273 e. The number of amides is 1. The van der Waals surface area contributed by atoms with Crippen LogP contribution in [0.4, 0.5) is 10.1 Å². The number of nitro benzene ring substituents is 1. The maximum absolute atomic E-state index is 13.7. The summed E-state index contributed by atoms with van der Waals surface area (Å²) in [6.45, 7) is 7.19. The topological polar surface area (TPSA) is 66.7 Å². The van der Waals surface area contributed by atoms with E-state index in [1.165, 1.54) is 18.2 Å². The predicted molar refractivity (Wildman–Crippen MR) is 138 cm³/mol. The maximum Gasteiger partial charge on any atom is 0.273 e. The molecule has 36 heavy (non-hydrogen) atoms. The first kappa shape index (κ1) is 25.5. The largest absolute Gasteiger partial charge is 0.338 e. The lowest BCUT2D eigenvalue weighted by Gasteiger charge is -2.30. The molecule has 1 aliphatic rings. The van der Waals surface area contributed by atoms with Crippen molar-refractivity contribution in [3.05, 3.63) is 111 Å². The van der Waals surface area contributed by atoms with Crippen LogP contribution in [0.5, 0.6) is 0 Å². The zero-order chi connectivity index (χ0) is 25.7. The first-order chi connectivity index (χ1) is 17.3. The van der Waals surface area contributed by atoms with E-state index in [-0.39, 0.29) is 34.2 Å². The molecule has 3 aromatic rings. The van der Waals surface area contributed by atoms with Crippen LogP contribution in [0.1, 0.15) is 41.3 Å². The Morgan fingerprint density at radius 3 is 2.36 bits per heavy atom. The standard InChI is InChI=1S/C29H32FN3O3/c1-21(2)16-32(29(34)23-8-4-3-5-9-23)19-25-18-31(17-24-10-6-7-11-28(24)33(35)36)20-27(25)22-12-14-26(30)15-13-22/h3-15,21,25,27H,16-20H2,1-2H3/t25-,27-/m1/s1. The van der Waals surface area contributed by atoms with Crippen molar-refractivity contribution in [1.82, 2.24) is 9.80 Å². The molecule has 7 heteroatoms. The Labute approximate surface area is 211 Å². The van der Waals surface area contributed by atoms with Crippen molar-refractivity contribution >= 4 is 11.6 Å². The molecule has 1 fully saturated rings. The molecule has 1 amide bonds. The van der Waals surface area contributed by atoms with Gasteiger partial charge in [0.25, 0.3) is 11.6 Å². The number of hydrogen-bond acceptors (Lipinski definition) is 4. The highest BCUT2D eigenvalue weighted by Crippen LogP contribution is 2.35. The number of nitrogens with zero attached hydrogens (tertiary/aromatic N) is 3. The molecule has 1 saturated heterocycles. The highest BCUT2D eigenvalue weighted by Gasteiger charge is 2.36. The van der Waals surface area contributed by atoms with Crippen LogP contribution in [0.3, 0.4) is 0 Å². The lowest BCUT2D eigenvalue weighted by molar-refractivity contribution is -0.385. The summed E-state index contributed by atoms with van der Waals surface area (Å²) in [5.74, 6) is 0.188. The van der Waals surface area contributed by atoms with Gasteiger partial charge in [-0.1, -0.05) is 62.4 Å². The molecule has 0 aromatic heterocycles. The molecule has 0 bridgehead atoms. The minimum absolute atomic E-state index is 0.000645. The Morgan fingerprint density at radius 1 is 1.03 bits per heavy atom. The lowest BCUT2D eigenvalue weighted by atomic mass is 9.88. The number of benzene rings is 3. The summed E-state index contributed by atoms with van der Waals surface area (Å²) in [4.78, 5) is 28.8. The Morgan fingerprint density at radius 2 is 1.69 bits per heavy atom. The quantitative estimate of drug-likeness (QED) is 0.284. The van der Waals surface area contributed by atoms with Crippen LogP contribution in [-0.2, 0) is 6.54 Å². The first-order valence-electron chi connectivity index (χ1n) is 12.4. The van der Waals surface area contributed by atoms with Gasteiger partial charge >= 0.3 is 0 Å². The molecule has 1 aliphatic heterocycles. The summed E-state index contributed by atoms with van der Waals surface area (Å²) in [7, 11) is 0. The van der Waals surface area contributed by atoms with E-state index in [9.17, 15) is 19.3 Å². The summed E-state index contributed by atoms with van der Waals surface area (Å²) >= 11 is 0. The lowest BCUT2D eigenvalue weighted by Crippen LogP contribution is -2.39. The zero-order valence-electron chi connectivity index (χ0n) is 20.7. The molecule has 1 heterocycles. The summed E-state index contributed by atoms with van der Waals surface area (Å²) in [6, 6.07) is 22.7. The second-order valence-corrected chi connectivity index (χ2v) is 9.97. The van der Waals surface area contributed by atoms with Crippen LogP contribution >= 0.6 is 0 Å². The molecule has 4 rings (SSSR count). The normalized spacial score (nSPS) is 17.9. The van der Waals surface area contributed by atoms with Crippen molar-refractivity contribution in [2.45, 2.75) is 26.3 Å². The third-order valence-electron chi connectivity index (χ3n) is 6.75. The fourth-order valence-electron chi connectivity index (χ4n) is 5.15. The molecule has 188 valence electrons. The van der Waals surface area contributed by atoms with Crippen molar-refractivity contribution in [3.8, 4) is 0 Å². The molecule has 0 radical (unpaired) electrons. The van der Waals surface area contributed by atoms with Crippen LogP contribution in [0.25, 0.3) is 0 Å². The fraction of sp³-hybridized carbons (Fsp3) is 0.345. The molecular weight excluding hydrogens is 457 g/mol. The van der Waals surface area contributed by atoms with Crippen molar-refractivity contribution in [3.63, 3.8) is 0 Å². The van der Waals surface area contributed by atoms with E-state index in [0.717, 1.165) is 5.56 Å². The molecule has 3 aromatic carbocycles. The Balaban J connectivity index is 1.60. The van der Waals surface area contributed by atoms with Gasteiger partial charge in [0.05, 0.1) is 4.92 Å². The van der Waals surface area contributed by atoms with Crippen LogP contribution in [0.2, 0.25) is 0 Å². The monoisotopic (exact) mass is 489 g/mol. The average Bonchev–Trinajstić information content (AvgIpc) is 3.26. The van der Waals surface area contributed by atoms with Gasteiger partial charge in [0.2, 0.25) is 0 Å². The van der Waals surface area contributed by atoms with Gasteiger partial charge in [0.1, 0.15) is 5.82 Å². The van der Waals surface area contributed by atoms with Crippen molar-refractivity contribution in [2.75, 3.05) is 26.2 Å². The Kier molecular flexibility index (Phi) is 8.10.